The maximum atomic E-state index is 12.1. The second-order valence-corrected chi connectivity index (χ2v) is 6.83. The molecular weight excluding hydrogens is 366 g/mol. The van der Waals surface area contributed by atoms with Crippen LogP contribution in [-0.4, -0.2) is 13.4 Å². The Morgan fingerprint density at radius 3 is 2.60 bits per heavy atom. The van der Waals surface area contributed by atoms with E-state index in [4.69, 9.17) is 17.3 Å². The lowest BCUT2D eigenvalue weighted by atomic mass is 10.3. The van der Waals surface area contributed by atoms with E-state index in [1.165, 1.54) is 18.3 Å². The van der Waals surface area contributed by atoms with E-state index in [9.17, 15) is 8.42 Å². The van der Waals surface area contributed by atoms with Gasteiger partial charge in [-0.1, -0.05) is 17.7 Å². The maximum absolute atomic E-state index is 12.1. The summed E-state index contributed by atoms with van der Waals surface area (Å²) in [5.41, 5.74) is 6.56. The highest BCUT2D eigenvalue weighted by Gasteiger charge is 2.16. The molecule has 2 rings (SSSR count). The summed E-state index contributed by atoms with van der Waals surface area (Å²) in [4.78, 5) is 3.88. The lowest BCUT2D eigenvalue weighted by Crippen LogP contribution is -2.14. The molecule has 0 fully saturated rings. The fourth-order valence-corrected chi connectivity index (χ4v) is 2.87. The van der Waals surface area contributed by atoms with Gasteiger partial charge in [0.15, 0.2) is 5.03 Å². The predicted molar refractivity (Wildman–Crippen MR) is 82.1 cm³/mol. The first kappa shape index (κ1) is 15.2. The molecule has 0 aliphatic rings. The number of hydrogen-bond acceptors (Lipinski definition) is 4. The number of nitrogens with two attached hydrogens (primary N) is 1. The predicted octanol–water partition coefficient (Wildman–Crippen LogP) is 2.76. The topological polar surface area (TPSA) is 85.1 Å². The molecule has 106 valence electrons. The summed E-state index contributed by atoms with van der Waals surface area (Å²) in [6.45, 7) is 0.309. The summed E-state index contributed by atoms with van der Waals surface area (Å²) in [6.07, 6.45) is 1.43. The summed E-state index contributed by atoms with van der Waals surface area (Å²) < 4.78 is 27.4. The van der Waals surface area contributed by atoms with Crippen LogP contribution in [-0.2, 0) is 16.6 Å². The molecule has 1 aromatic heterocycles. The molecule has 8 heteroatoms. The Labute approximate surface area is 130 Å². The first-order valence-corrected chi connectivity index (χ1v) is 8.20. The van der Waals surface area contributed by atoms with Gasteiger partial charge in [0.25, 0.3) is 10.0 Å². The molecule has 0 aliphatic carbocycles. The molecule has 0 unspecified atom stereocenters. The molecule has 3 N–H and O–H groups in total. The van der Waals surface area contributed by atoms with Crippen molar-refractivity contribution in [1.82, 2.24) is 4.98 Å². The zero-order valence-electron chi connectivity index (χ0n) is 10.2. The first-order chi connectivity index (χ1) is 9.42. The molecule has 5 nitrogen and oxygen atoms in total. The Bertz CT molecular complexity index is 720. The number of nitrogens with one attached hydrogen (secondary N) is 1. The number of halogens is 2. The van der Waals surface area contributed by atoms with Gasteiger partial charge in [0.05, 0.1) is 10.7 Å². The molecule has 0 radical (unpaired) electrons. The van der Waals surface area contributed by atoms with Gasteiger partial charge < -0.3 is 5.73 Å². The molecule has 0 saturated carbocycles. The van der Waals surface area contributed by atoms with Crippen LogP contribution in [0.15, 0.2) is 46.0 Å². The number of nitrogens with zero attached hydrogens (tertiary/aromatic N) is 1. The first-order valence-electron chi connectivity index (χ1n) is 5.55. The van der Waals surface area contributed by atoms with Gasteiger partial charge in [-0.05, 0) is 45.8 Å². The number of benzene rings is 1. The second-order valence-electron chi connectivity index (χ2n) is 3.94. The Morgan fingerprint density at radius 1 is 1.30 bits per heavy atom. The van der Waals surface area contributed by atoms with Crippen LogP contribution < -0.4 is 10.5 Å². The van der Waals surface area contributed by atoms with Gasteiger partial charge in [-0.25, -0.2) is 4.98 Å². The van der Waals surface area contributed by atoms with Crippen LogP contribution in [0.25, 0.3) is 0 Å². The van der Waals surface area contributed by atoms with Gasteiger partial charge in [0.1, 0.15) is 0 Å². The third-order valence-electron chi connectivity index (χ3n) is 2.48. The van der Waals surface area contributed by atoms with Gasteiger partial charge in [-0.3, -0.25) is 4.72 Å². The largest absolute Gasteiger partial charge is 0.326 e. The minimum absolute atomic E-state index is 0.0752. The molecule has 0 spiro atoms. The molecule has 0 bridgehead atoms. The van der Waals surface area contributed by atoms with Crippen LogP contribution in [0.5, 0.6) is 0 Å². The molecular formula is C12H11BrClN3O2S. The monoisotopic (exact) mass is 375 g/mol. The van der Waals surface area contributed by atoms with Crippen molar-refractivity contribution in [2.24, 2.45) is 5.73 Å². The summed E-state index contributed by atoms with van der Waals surface area (Å²) >= 11 is 9.15. The highest BCUT2D eigenvalue weighted by molar-refractivity contribution is 9.10. The highest BCUT2D eigenvalue weighted by atomic mass is 79.9. The summed E-state index contributed by atoms with van der Waals surface area (Å²) in [5.74, 6) is 0. The van der Waals surface area contributed by atoms with Gasteiger partial charge in [0.2, 0.25) is 0 Å². The van der Waals surface area contributed by atoms with E-state index in [0.29, 0.717) is 21.7 Å². The van der Waals surface area contributed by atoms with Gasteiger partial charge in [-0.15, -0.1) is 0 Å². The molecule has 0 atom stereocenters. The summed E-state index contributed by atoms with van der Waals surface area (Å²) in [5, 5.41) is 0.338. The SMILES string of the molecule is NCc1ccc(S(=O)(=O)Nc2ccc(Br)c(Cl)c2)nc1. The Kier molecular flexibility index (Phi) is 4.64. The smallest absolute Gasteiger partial charge is 0.279 e. The lowest BCUT2D eigenvalue weighted by molar-refractivity contribution is 0.597. The van der Waals surface area contributed by atoms with Crippen molar-refractivity contribution < 1.29 is 8.42 Å². The van der Waals surface area contributed by atoms with E-state index in [0.717, 1.165) is 5.56 Å². The molecule has 20 heavy (non-hydrogen) atoms. The number of rotatable bonds is 4. The number of anilines is 1. The average Bonchev–Trinajstić information content (AvgIpc) is 2.43. The van der Waals surface area contributed by atoms with Crippen molar-refractivity contribution in [2.75, 3.05) is 4.72 Å². The average molecular weight is 377 g/mol. The van der Waals surface area contributed by atoms with E-state index in [1.54, 1.807) is 18.2 Å². The van der Waals surface area contributed by atoms with Crippen molar-refractivity contribution in [1.29, 1.82) is 0 Å². The Balaban J connectivity index is 2.27. The minimum Gasteiger partial charge on any atom is -0.326 e. The van der Waals surface area contributed by atoms with Crippen LogP contribution in [0.4, 0.5) is 5.69 Å². The van der Waals surface area contributed by atoms with E-state index >= 15 is 0 Å². The minimum atomic E-state index is -3.74. The van der Waals surface area contributed by atoms with Crippen molar-refractivity contribution in [3.63, 3.8) is 0 Å². The molecule has 1 heterocycles. The third-order valence-corrected chi connectivity index (χ3v) is 5.01. The number of aromatic nitrogens is 1. The van der Waals surface area contributed by atoms with Crippen LogP contribution in [0.1, 0.15) is 5.56 Å². The zero-order chi connectivity index (χ0) is 14.8. The lowest BCUT2D eigenvalue weighted by Gasteiger charge is -2.08. The Hall–Kier alpha value is -1.15. The standard InChI is InChI=1S/C12H11BrClN3O2S/c13-10-3-2-9(5-11(10)14)17-20(18,19)12-4-1-8(6-15)7-16-12/h1-5,7,17H,6,15H2. The number of hydrogen-bond donors (Lipinski definition) is 2. The van der Waals surface area contributed by atoms with Crippen LogP contribution in [0, 0.1) is 0 Å². The van der Waals surface area contributed by atoms with Crippen LogP contribution >= 0.6 is 27.5 Å². The van der Waals surface area contributed by atoms with E-state index in [-0.39, 0.29) is 5.03 Å². The Morgan fingerprint density at radius 2 is 2.05 bits per heavy atom. The number of pyridine rings is 1. The van der Waals surface area contributed by atoms with Crippen molar-refractivity contribution in [3.8, 4) is 0 Å². The second kappa shape index (κ2) is 6.09. The van der Waals surface area contributed by atoms with Crippen molar-refractivity contribution in [3.05, 3.63) is 51.6 Å². The fraction of sp³-hybridized carbons (Fsp3) is 0.0833. The quantitative estimate of drug-likeness (QED) is 0.859. The van der Waals surface area contributed by atoms with Crippen LogP contribution in [0.3, 0.4) is 0 Å². The maximum Gasteiger partial charge on any atom is 0.279 e. The molecule has 0 saturated heterocycles. The molecule has 2 aromatic rings. The van der Waals surface area contributed by atoms with Gasteiger partial charge in [0, 0.05) is 17.2 Å². The molecule has 0 aliphatic heterocycles. The van der Waals surface area contributed by atoms with Gasteiger partial charge in [-0.2, -0.15) is 8.42 Å². The third kappa shape index (κ3) is 3.49. The van der Waals surface area contributed by atoms with Crippen molar-refractivity contribution >= 4 is 43.2 Å². The van der Waals surface area contributed by atoms with Gasteiger partial charge >= 0.3 is 0 Å². The fourth-order valence-electron chi connectivity index (χ4n) is 1.46. The van der Waals surface area contributed by atoms with E-state index < -0.39 is 10.0 Å². The van der Waals surface area contributed by atoms with E-state index in [1.807, 2.05) is 0 Å². The summed E-state index contributed by atoms with van der Waals surface area (Å²) in [7, 11) is -3.74. The zero-order valence-corrected chi connectivity index (χ0v) is 13.3. The van der Waals surface area contributed by atoms with Crippen molar-refractivity contribution in [2.45, 2.75) is 11.6 Å². The van der Waals surface area contributed by atoms with Crippen LogP contribution in [0.2, 0.25) is 5.02 Å². The number of sulfonamides is 1. The molecule has 1 aromatic carbocycles. The van der Waals surface area contributed by atoms with E-state index in [2.05, 4.69) is 25.6 Å². The highest BCUT2D eigenvalue weighted by Crippen LogP contribution is 2.26. The summed E-state index contributed by atoms with van der Waals surface area (Å²) in [6, 6.07) is 7.80. The molecule has 0 amide bonds. The normalized spacial score (nSPS) is 11.3.